The summed E-state index contributed by atoms with van der Waals surface area (Å²) in [6, 6.07) is 16.2. The normalized spacial score (nSPS) is 24.6. The Labute approximate surface area is 167 Å². The fourth-order valence-electron chi connectivity index (χ4n) is 4.47. The molecule has 0 spiro atoms. The maximum atomic E-state index is 13.0. The van der Waals surface area contributed by atoms with E-state index in [1.807, 2.05) is 30.0 Å². The number of aromatic nitrogens is 1. The fourth-order valence-corrected chi connectivity index (χ4v) is 4.47. The van der Waals surface area contributed by atoms with Crippen LogP contribution in [0.4, 0.5) is 0 Å². The highest BCUT2D eigenvalue weighted by molar-refractivity contribution is 5.92. The van der Waals surface area contributed by atoms with Crippen LogP contribution in [0.2, 0.25) is 0 Å². The molecule has 0 radical (unpaired) electrons. The number of likely N-dealkylation sites (tertiary alicyclic amines) is 1. The first-order valence-corrected chi connectivity index (χ1v) is 10.3. The van der Waals surface area contributed by atoms with Crippen molar-refractivity contribution in [2.45, 2.75) is 37.8 Å². The third kappa shape index (κ3) is 3.82. The second-order valence-electron chi connectivity index (χ2n) is 7.95. The molecule has 4 rings (SSSR count). The quantitative estimate of drug-likeness (QED) is 0.766. The summed E-state index contributed by atoms with van der Waals surface area (Å²) < 4.78 is 0. The molecule has 1 aliphatic heterocycles. The molecule has 1 amide bonds. The summed E-state index contributed by atoms with van der Waals surface area (Å²) in [4.78, 5) is 21.6. The van der Waals surface area contributed by atoms with Crippen LogP contribution in [0.15, 0.2) is 54.7 Å². The van der Waals surface area contributed by atoms with Crippen LogP contribution in [-0.2, 0) is 0 Å². The third-order valence-electron chi connectivity index (χ3n) is 6.18. The second kappa shape index (κ2) is 8.41. The van der Waals surface area contributed by atoms with Gasteiger partial charge in [-0.25, -0.2) is 0 Å². The summed E-state index contributed by atoms with van der Waals surface area (Å²) in [5.74, 6) is 0.971. The monoisotopic (exact) mass is 379 g/mol. The molecule has 1 aromatic heterocycles. The first-order valence-electron chi connectivity index (χ1n) is 10.3. The van der Waals surface area contributed by atoms with Gasteiger partial charge in [0.15, 0.2) is 0 Å². The molecule has 0 bridgehead atoms. The number of carbonyl (C=O) groups excluding carboxylic acids is 1. The van der Waals surface area contributed by atoms with Crippen molar-refractivity contribution in [2.24, 2.45) is 5.92 Å². The van der Waals surface area contributed by atoms with Gasteiger partial charge in [0.25, 0.3) is 5.91 Å². The Balaban J connectivity index is 1.56. The Morgan fingerprint density at radius 1 is 1.14 bits per heavy atom. The van der Waals surface area contributed by atoms with Crippen LogP contribution in [0.3, 0.4) is 0 Å². The Morgan fingerprint density at radius 3 is 2.50 bits per heavy atom. The number of aliphatic hydroxyl groups is 1. The Morgan fingerprint density at radius 2 is 1.89 bits per heavy atom. The summed E-state index contributed by atoms with van der Waals surface area (Å²) in [7, 11) is 0. The number of aliphatic hydroxyl groups excluding tert-OH is 1. The van der Waals surface area contributed by atoms with Crippen LogP contribution < -0.4 is 0 Å². The maximum Gasteiger partial charge on any atom is 0.272 e. The minimum absolute atomic E-state index is 0.0197. The SMILES string of the molecule is CCN(C[C@@H]1[C@@H](c2ccccc2)[C@H](CO)N1CC1CC1)C(=O)c1ccccn1. The molecule has 1 saturated carbocycles. The molecule has 5 heteroatoms. The topological polar surface area (TPSA) is 56.7 Å². The number of likely N-dealkylation sites (N-methyl/N-ethyl adjacent to an activating group) is 1. The number of nitrogens with zero attached hydrogens (tertiary/aromatic N) is 3. The molecule has 1 saturated heterocycles. The molecule has 1 aromatic carbocycles. The summed E-state index contributed by atoms with van der Waals surface area (Å²) in [5, 5.41) is 10.1. The Kier molecular flexibility index (Phi) is 5.74. The first-order chi connectivity index (χ1) is 13.7. The van der Waals surface area contributed by atoms with Crippen molar-refractivity contribution in [1.82, 2.24) is 14.8 Å². The molecule has 2 heterocycles. The van der Waals surface area contributed by atoms with E-state index < -0.39 is 0 Å². The van der Waals surface area contributed by atoms with Gasteiger partial charge < -0.3 is 10.0 Å². The molecule has 2 fully saturated rings. The van der Waals surface area contributed by atoms with Gasteiger partial charge in [0.2, 0.25) is 0 Å². The lowest BCUT2D eigenvalue weighted by atomic mass is 9.74. The molecule has 28 heavy (non-hydrogen) atoms. The van der Waals surface area contributed by atoms with Crippen LogP contribution in [-0.4, -0.2) is 64.1 Å². The number of benzene rings is 1. The van der Waals surface area contributed by atoms with Crippen molar-refractivity contribution >= 4 is 5.91 Å². The van der Waals surface area contributed by atoms with E-state index in [0.29, 0.717) is 18.8 Å². The highest BCUT2D eigenvalue weighted by atomic mass is 16.3. The highest BCUT2D eigenvalue weighted by Gasteiger charge is 2.50. The van der Waals surface area contributed by atoms with Crippen LogP contribution in [0.5, 0.6) is 0 Å². The number of carbonyl (C=O) groups is 1. The summed E-state index contributed by atoms with van der Waals surface area (Å²) in [5.41, 5.74) is 1.74. The van der Waals surface area contributed by atoms with Crippen molar-refractivity contribution in [3.05, 3.63) is 66.0 Å². The molecule has 148 valence electrons. The van der Waals surface area contributed by atoms with Crippen molar-refractivity contribution < 1.29 is 9.90 Å². The lowest BCUT2D eigenvalue weighted by molar-refractivity contribution is -0.0561. The van der Waals surface area contributed by atoms with Gasteiger partial charge in [-0.2, -0.15) is 0 Å². The zero-order valence-electron chi connectivity index (χ0n) is 16.4. The number of amides is 1. The predicted octanol–water partition coefficient (Wildman–Crippen LogP) is 2.78. The van der Waals surface area contributed by atoms with Crippen molar-refractivity contribution in [3.8, 4) is 0 Å². The molecule has 5 nitrogen and oxygen atoms in total. The van der Waals surface area contributed by atoms with Crippen molar-refractivity contribution in [3.63, 3.8) is 0 Å². The van der Waals surface area contributed by atoms with E-state index in [0.717, 1.165) is 12.5 Å². The van der Waals surface area contributed by atoms with E-state index in [-0.39, 0.29) is 30.5 Å². The zero-order chi connectivity index (χ0) is 19.5. The van der Waals surface area contributed by atoms with E-state index in [2.05, 4.69) is 34.1 Å². The predicted molar refractivity (Wildman–Crippen MR) is 109 cm³/mol. The average molecular weight is 380 g/mol. The molecular weight excluding hydrogens is 350 g/mol. The van der Waals surface area contributed by atoms with Crippen LogP contribution in [0, 0.1) is 5.92 Å². The second-order valence-corrected chi connectivity index (χ2v) is 7.95. The molecule has 3 atom stereocenters. The van der Waals surface area contributed by atoms with Gasteiger partial charge >= 0.3 is 0 Å². The molecule has 2 aliphatic rings. The van der Waals surface area contributed by atoms with Gasteiger partial charge in [-0.3, -0.25) is 14.7 Å². The molecule has 2 aromatic rings. The first kappa shape index (κ1) is 19.1. The molecular formula is C23H29N3O2. The van der Waals surface area contributed by atoms with Crippen molar-refractivity contribution in [1.29, 1.82) is 0 Å². The number of hydrogen-bond acceptors (Lipinski definition) is 4. The van der Waals surface area contributed by atoms with Crippen LogP contribution in [0.25, 0.3) is 0 Å². The lowest BCUT2D eigenvalue weighted by Crippen LogP contribution is -2.67. The van der Waals surface area contributed by atoms with E-state index in [4.69, 9.17) is 0 Å². The summed E-state index contributed by atoms with van der Waals surface area (Å²) in [6.07, 6.45) is 4.22. The van der Waals surface area contributed by atoms with Gasteiger partial charge in [-0.1, -0.05) is 36.4 Å². The standard InChI is InChI=1S/C23H29N3O2/c1-2-25(23(28)19-10-6-7-13-24-19)15-20-22(18-8-4-3-5-9-18)21(16-27)26(20)14-17-11-12-17/h3-10,13,17,20-22,27H,2,11-12,14-16H2,1H3/t20-,21+,22-/m1/s1. The van der Waals surface area contributed by atoms with Gasteiger partial charge in [0, 0.05) is 43.8 Å². The van der Waals surface area contributed by atoms with E-state index in [1.54, 1.807) is 12.3 Å². The lowest BCUT2D eigenvalue weighted by Gasteiger charge is -2.56. The Bertz CT molecular complexity index is 779. The van der Waals surface area contributed by atoms with Gasteiger partial charge in [0.1, 0.15) is 5.69 Å². The third-order valence-corrected chi connectivity index (χ3v) is 6.18. The highest BCUT2D eigenvalue weighted by Crippen LogP contribution is 2.44. The summed E-state index contributed by atoms with van der Waals surface area (Å²) >= 11 is 0. The van der Waals surface area contributed by atoms with Crippen molar-refractivity contribution in [2.75, 3.05) is 26.2 Å². The van der Waals surface area contributed by atoms with Crippen LogP contribution in [0.1, 0.15) is 41.7 Å². The summed E-state index contributed by atoms with van der Waals surface area (Å²) in [6.45, 7) is 4.51. The average Bonchev–Trinajstić information content (AvgIpc) is 3.56. The number of rotatable bonds is 8. The van der Waals surface area contributed by atoms with Gasteiger partial charge in [-0.15, -0.1) is 0 Å². The molecule has 0 unspecified atom stereocenters. The maximum absolute atomic E-state index is 13.0. The number of hydrogen-bond donors (Lipinski definition) is 1. The van der Waals surface area contributed by atoms with E-state index in [9.17, 15) is 9.90 Å². The largest absolute Gasteiger partial charge is 0.395 e. The Hall–Kier alpha value is -2.24. The minimum Gasteiger partial charge on any atom is -0.395 e. The van der Waals surface area contributed by atoms with Gasteiger partial charge in [0.05, 0.1) is 6.61 Å². The van der Waals surface area contributed by atoms with Gasteiger partial charge in [-0.05, 0) is 43.4 Å². The fraction of sp³-hybridized carbons (Fsp3) is 0.478. The zero-order valence-corrected chi connectivity index (χ0v) is 16.4. The molecule has 1 aliphatic carbocycles. The van der Waals surface area contributed by atoms with E-state index >= 15 is 0 Å². The smallest absolute Gasteiger partial charge is 0.272 e. The minimum atomic E-state index is -0.0197. The van der Waals surface area contributed by atoms with Crippen LogP contribution >= 0.6 is 0 Å². The number of pyridine rings is 1. The van der Waals surface area contributed by atoms with E-state index in [1.165, 1.54) is 18.4 Å². The molecule has 1 N–H and O–H groups in total.